The molecule has 0 unspecified atom stereocenters. The topological polar surface area (TPSA) is 102 Å². The summed E-state index contributed by atoms with van der Waals surface area (Å²) >= 11 is 0. The van der Waals surface area contributed by atoms with Crippen LogP contribution in [0.2, 0.25) is 0 Å². The lowest BCUT2D eigenvalue weighted by Crippen LogP contribution is -2.12. The van der Waals surface area contributed by atoms with Crippen molar-refractivity contribution in [3.05, 3.63) is 511 Å². The minimum atomic E-state index is 0.637. The fourth-order valence-corrected chi connectivity index (χ4v) is 22.8. The van der Waals surface area contributed by atoms with Crippen molar-refractivity contribution < 1.29 is 0 Å². The molecule has 8 heterocycles. The zero-order chi connectivity index (χ0) is 94.8. The minimum Gasteiger partial charge on any atom is -0.310 e. The average Bonchev–Trinajstić information content (AvgIpc) is 1.49. The zero-order valence-corrected chi connectivity index (χ0v) is 77.9. The molecule has 0 atom stereocenters. The van der Waals surface area contributed by atoms with E-state index in [-0.39, 0.29) is 0 Å². The number of hydrogen-bond donors (Lipinski definition) is 0. The third kappa shape index (κ3) is 13.6. The van der Waals surface area contributed by atoms with E-state index < -0.39 is 0 Å². The molecule has 12 nitrogen and oxygen atoms in total. The first-order valence-electron chi connectivity index (χ1n) is 48.7. The Kier molecular flexibility index (Phi) is 19.7. The van der Waals surface area contributed by atoms with Crippen LogP contribution in [0.4, 0.5) is 51.7 Å². The Morgan fingerprint density at radius 3 is 0.799 bits per heavy atom. The van der Waals surface area contributed by atoms with Crippen molar-refractivity contribution in [2.75, 3.05) is 14.7 Å². The molecule has 0 aliphatic rings. The molecule has 30 rings (SSSR count). The second kappa shape index (κ2) is 34.3. The Balaban J connectivity index is 0.000000105. The van der Waals surface area contributed by atoms with Gasteiger partial charge >= 0.3 is 0 Å². The second-order valence-corrected chi connectivity index (χ2v) is 36.8. The van der Waals surface area contributed by atoms with Gasteiger partial charge in [0, 0.05) is 149 Å². The van der Waals surface area contributed by atoms with Crippen molar-refractivity contribution >= 4 is 214 Å². The molecule has 30 aromatic rings. The summed E-state index contributed by atoms with van der Waals surface area (Å²) in [7, 11) is 0. The van der Waals surface area contributed by atoms with E-state index in [4.69, 9.17) is 0 Å². The van der Waals surface area contributed by atoms with Gasteiger partial charge in [-0.3, -0.25) is 19.8 Å². The van der Waals surface area contributed by atoms with Crippen molar-refractivity contribution in [2.24, 2.45) is 0 Å². The van der Waals surface area contributed by atoms with Gasteiger partial charge in [-0.15, -0.1) is 0 Å². The highest BCUT2D eigenvalue weighted by Gasteiger charge is 2.27. The number of hydrogen-bond acceptors (Lipinski definition) is 9. The highest BCUT2D eigenvalue weighted by Crippen LogP contribution is 2.52. The molecule has 22 aromatic carbocycles. The van der Waals surface area contributed by atoms with E-state index in [1.54, 1.807) is 12.4 Å². The summed E-state index contributed by atoms with van der Waals surface area (Å²) in [5.41, 5.74) is 24.3. The highest BCUT2D eigenvalue weighted by atomic mass is 15.3. The van der Waals surface area contributed by atoms with Crippen molar-refractivity contribution in [1.29, 1.82) is 0 Å². The quantitative estimate of drug-likeness (QED) is 0.0929. The molecule has 0 N–H and O–H groups in total. The molecular formula is C132H84N12. The lowest BCUT2D eigenvalue weighted by atomic mass is 9.89. The number of nitrogens with zero attached hydrogens (tertiary/aromatic N) is 12. The van der Waals surface area contributed by atoms with E-state index in [0.29, 0.717) is 5.95 Å². The minimum absolute atomic E-state index is 0.637. The predicted molar refractivity (Wildman–Crippen MR) is 601 cm³/mol. The number of fused-ring (bicyclic) bond motifs is 12. The van der Waals surface area contributed by atoms with E-state index in [0.717, 1.165) is 45.8 Å². The molecule has 0 radical (unpaired) electrons. The number of benzene rings is 22. The van der Waals surface area contributed by atoms with Gasteiger partial charge in [-0.25, -0.2) is 19.9 Å². The van der Waals surface area contributed by atoms with E-state index in [2.05, 4.69) is 434 Å². The van der Waals surface area contributed by atoms with Gasteiger partial charge in [0.25, 0.3) is 0 Å². The van der Waals surface area contributed by atoms with Crippen molar-refractivity contribution in [1.82, 2.24) is 43.6 Å². The number of pyridine rings is 4. The molecule has 672 valence electrons. The Morgan fingerprint density at radius 2 is 0.444 bits per heavy atom. The summed E-state index contributed by atoms with van der Waals surface area (Å²) in [5.74, 6) is 2.29. The molecule has 0 saturated heterocycles. The van der Waals surface area contributed by atoms with Crippen LogP contribution in [0.15, 0.2) is 511 Å². The second-order valence-electron chi connectivity index (χ2n) is 36.8. The highest BCUT2D eigenvalue weighted by molar-refractivity contribution is 6.36. The van der Waals surface area contributed by atoms with Crippen molar-refractivity contribution in [3.8, 4) is 50.4 Å². The largest absolute Gasteiger partial charge is 0.310 e. The zero-order valence-electron chi connectivity index (χ0n) is 77.9. The van der Waals surface area contributed by atoms with Gasteiger partial charge in [0.15, 0.2) is 0 Å². The molecule has 0 spiro atoms. The van der Waals surface area contributed by atoms with Crippen LogP contribution in [-0.2, 0) is 0 Å². The molecule has 0 bridgehead atoms. The van der Waals surface area contributed by atoms with Crippen LogP contribution >= 0.6 is 0 Å². The maximum Gasteiger partial charge on any atom is 0.234 e. The van der Waals surface area contributed by atoms with E-state index in [1.165, 1.54) is 213 Å². The van der Waals surface area contributed by atoms with Crippen molar-refractivity contribution in [3.63, 3.8) is 0 Å². The monoisotopic (exact) mass is 1840 g/mol. The first-order chi connectivity index (χ1) is 71.5. The Hall–Kier alpha value is -19.6. The number of aromatic nitrogens is 9. The molecule has 0 aliphatic heterocycles. The van der Waals surface area contributed by atoms with E-state index in [1.807, 2.05) is 122 Å². The predicted octanol–water partition coefficient (Wildman–Crippen LogP) is 34.8. The molecule has 0 amide bonds. The van der Waals surface area contributed by atoms with Gasteiger partial charge in [-0.2, -0.15) is 0 Å². The van der Waals surface area contributed by atoms with Crippen LogP contribution in [0.5, 0.6) is 0 Å². The third-order valence-corrected chi connectivity index (χ3v) is 29.0. The maximum atomic E-state index is 4.65. The summed E-state index contributed by atoms with van der Waals surface area (Å²) in [4.78, 5) is 33.3. The number of para-hydroxylation sites is 7. The lowest BCUT2D eigenvalue weighted by Gasteiger charge is -2.25. The third-order valence-electron chi connectivity index (χ3n) is 29.0. The number of anilines is 9. The van der Waals surface area contributed by atoms with Crippen LogP contribution in [0.25, 0.3) is 213 Å². The summed E-state index contributed by atoms with van der Waals surface area (Å²) in [6.45, 7) is 0. The summed E-state index contributed by atoms with van der Waals surface area (Å²) < 4.78 is 7.31. The maximum absolute atomic E-state index is 4.65. The first kappa shape index (κ1) is 82.7. The molecule has 0 fully saturated rings. The van der Waals surface area contributed by atoms with Gasteiger partial charge < -0.3 is 18.6 Å². The molecule has 8 aromatic heterocycles. The van der Waals surface area contributed by atoms with Crippen LogP contribution in [0.1, 0.15) is 0 Å². The molecule has 144 heavy (non-hydrogen) atoms. The lowest BCUT2D eigenvalue weighted by molar-refractivity contribution is 1.08. The average molecular weight is 1840 g/mol. The van der Waals surface area contributed by atoms with Gasteiger partial charge in [-0.05, 0) is 290 Å². The molecule has 0 aliphatic carbocycles. The summed E-state index contributed by atoms with van der Waals surface area (Å²) in [5, 5.41) is 30.7. The standard InChI is InChI=1S/3C44H28N4/c1-3-10-32(11-4-1)47(44-45-26-9-27-46-44)34-21-18-29(19-22-34)35-23-20-30-16-17-31-28-39-36-14-7-8-15-40(36)48(33-12-5-2-6-13-33)43(39)38-25-24-37(35)41(30)42(31)38;1-2-10-32(11-3-1)47-39-13-5-4-12-35(39)38-28-31-17-16-30-20-23-34(36-24-25-37(44(38)47)43(31)42(30)36)29-18-21-33(22-19-29)48(40-14-6-8-26-45-40)41-15-7-9-27-46-41;1-2-6-32(7-3-1)48-41-9-5-4-8-37(41)40-28-31-11-10-30-14-17-36(38-18-19-39(44(40)48)43(31)42(30)38)29-12-15-33(16-13-29)47(34-20-24-45-25-21-34)35-22-26-46-27-23-35/h3*1-28H. The number of rotatable bonds is 15. The van der Waals surface area contributed by atoms with E-state index in [9.17, 15) is 0 Å². The Labute approximate surface area is 827 Å². The van der Waals surface area contributed by atoms with E-state index >= 15 is 0 Å². The molecular weight excluding hydrogens is 1750 g/mol. The fourth-order valence-electron chi connectivity index (χ4n) is 22.8. The van der Waals surface area contributed by atoms with Crippen LogP contribution in [-0.4, -0.2) is 43.6 Å². The van der Waals surface area contributed by atoms with Crippen LogP contribution in [0.3, 0.4) is 0 Å². The van der Waals surface area contributed by atoms with Gasteiger partial charge in [-0.1, -0.05) is 285 Å². The SMILES string of the molecule is c1ccc(-n2c3ccccc3c3cc4ccc5ccc(-c6ccc(N(c7ccccn7)c7ccccn7)cc6)c6ccc(c4c56)c32)cc1.c1ccc(-n2c3ccccc3c3cc4ccc5ccc(-c6ccc(N(c7ccncc7)c7ccncc7)cc6)c6ccc(c4c56)c32)cc1.c1ccc(N(c2ccc(-c3ccc4ccc5cc6c7ccccc7n(-c7ccccc7)c6c6ccc3c4c56)cc2)c2ncccn2)cc1. The normalized spacial score (nSPS) is 11.8. The van der Waals surface area contributed by atoms with Gasteiger partial charge in [0.05, 0.1) is 33.1 Å². The Morgan fingerprint density at radius 1 is 0.167 bits per heavy atom. The summed E-state index contributed by atoms with van der Waals surface area (Å²) in [6.07, 6.45) is 14.5. The van der Waals surface area contributed by atoms with Gasteiger partial charge in [0.2, 0.25) is 5.95 Å². The molecule has 0 saturated carbocycles. The Bertz CT molecular complexity index is 9060. The van der Waals surface area contributed by atoms with Crippen LogP contribution < -0.4 is 14.7 Å². The molecule has 12 heteroatoms. The summed E-state index contributed by atoms with van der Waals surface area (Å²) in [6, 6.07) is 166. The smallest absolute Gasteiger partial charge is 0.234 e. The van der Waals surface area contributed by atoms with Gasteiger partial charge in [0.1, 0.15) is 11.6 Å². The van der Waals surface area contributed by atoms with Crippen LogP contribution in [0, 0.1) is 0 Å². The van der Waals surface area contributed by atoms with Crippen molar-refractivity contribution in [2.45, 2.75) is 0 Å². The fraction of sp³-hybridized carbons (Fsp3) is 0. The first-order valence-corrected chi connectivity index (χ1v) is 48.7.